The number of carbonyl (C=O) groups excluding carboxylic acids is 1. The smallest absolute Gasteiger partial charge is 0.293 e. The minimum Gasteiger partial charge on any atom is -0.376 e. The van der Waals surface area contributed by atoms with Gasteiger partial charge < -0.3 is 10.6 Å². The molecule has 1 heterocycles. The van der Waals surface area contributed by atoms with Gasteiger partial charge in [-0.25, -0.2) is 17.5 Å². The highest BCUT2D eigenvalue weighted by Gasteiger charge is 2.32. The number of rotatable bonds is 7. The Bertz CT molecular complexity index is 1040. The Morgan fingerprint density at radius 2 is 1.83 bits per heavy atom. The van der Waals surface area contributed by atoms with Crippen LogP contribution >= 0.6 is 0 Å². The standard InChI is InChI=1S/C19H21FN4O5S/c20-19(8-10-21-11-9-19)13-22-16-7-6-15(12-17(16)24(26)27)30(28,29)23-18(25)14-4-2-1-3-5-14/h1-7,12,21-22H,8-11,13H2,(H,23,25). The van der Waals surface area contributed by atoms with Crippen LogP contribution in [0.4, 0.5) is 15.8 Å². The van der Waals surface area contributed by atoms with Crippen LogP contribution < -0.4 is 15.4 Å². The number of benzene rings is 2. The van der Waals surface area contributed by atoms with Crippen LogP contribution in [0, 0.1) is 10.1 Å². The summed E-state index contributed by atoms with van der Waals surface area (Å²) in [5.41, 5.74) is -1.90. The van der Waals surface area contributed by atoms with Crippen molar-refractivity contribution in [3.8, 4) is 0 Å². The number of sulfonamides is 1. The van der Waals surface area contributed by atoms with E-state index in [2.05, 4.69) is 10.6 Å². The first kappa shape index (κ1) is 21.7. The highest BCUT2D eigenvalue weighted by molar-refractivity contribution is 7.90. The second-order valence-electron chi connectivity index (χ2n) is 6.99. The molecule has 3 rings (SSSR count). The molecule has 0 spiro atoms. The van der Waals surface area contributed by atoms with Crippen LogP contribution in [0.1, 0.15) is 23.2 Å². The Morgan fingerprint density at radius 1 is 1.17 bits per heavy atom. The van der Waals surface area contributed by atoms with Crippen molar-refractivity contribution in [2.45, 2.75) is 23.4 Å². The average Bonchev–Trinajstić information content (AvgIpc) is 2.73. The van der Waals surface area contributed by atoms with Gasteiger partial charge in [-0.3, -0.25) is 14.9 Å². The molecule has 0 bridgehead atoms. The number of hydrogen-bond donors (Lipinski definition) is 3. The Balaban J connectivity index is 1.80. The molecule has 160 valence electrons. The molecule has 0 atom stereocenters. The second-order valence-corrected chi connectivity index (χ2v) is 8.67. The van der Waals surface area contributed by atoms with Gasteiger partial charge in [-0.1, -0.05) is 18.2 Å². The third-order valence-corrected chi connectivity index (χ3v) is 6.16. The quantitative estimate of drug-likeness (QED) is 0.448. The van der Waals surface area contributed by atoms with Crippen molar-refractivity contribution in [3.63, 3.8) is 0 Å². The van der Waals surface area contributed by atoms with E-state index in [4.69, 9.17) is 0 Å². The molecule has 11 heteroatoms. The fourth-order valence-electron chi connectivity index (χ4n) is 3.11. The molecule has 0 radical (unpaired) electrons. The van der Waals surface area contributed by atoms with Gasteiger partial charge in [0.25, 0.3) is 21.6 Å². The van der Waals surface area contributed by atoms with E-state index in [1.807, 2.05) is 4.72 Å². The molecule has 3 N–H and O–H groups in total. The third kappa shape index (κ3) is 5.10. The maximum Gasteiger partial charge on any atom is 0.293 e. The van der Waals surface area contributed by atoms with Gasteiger partial charge in [0, 0.05) is 18.2 Å². The van der Waals surface area contributed by atoms with Crippen LogP contribution in [-0.2, 0) is 10.0 Å². The van der Waals surface area contributed by atoms with Gasteiger partial charge in [0.05, 0.1) is 9.82 Å². The van der Waals surface area contributed by atoms with Crippen LogP contribution in [0.3, 0.4) is 0 Å². The van der Waals surface area contributed by atoms with Crippen molar-refractivity contribution >= 4 is 27.3 Å². The molecule has 1 saturated heterocycles. The molecule has 0 aliphatic carbocycles. The number of halogens is 1. The zero-order valence-electron chi connectivity index (χ0n) is 15.9. The normalized spacial score (nSPS) is 15.9. The molecule has 0 aromatic heterocycles. The summed E-state index contributed by atoms with van der Waals surface area (Å²) < 4.78 is 41.7. The highest BCUT2D eigenvalue weighted by Crippen LogP contribution is 2.30. The lowest BCUT2D eigenvalue weighted by Gasteiger charge is -2.30. The maximum absolute atomic E-state index is 14.7. The molecule has 0 saturated carbocycles. The van der Waals surface area contributed by atoms with Crippen molar-refractivity contribution in [2.24, 2.45) is 0 Å². The van der Waals surface area contributed by atoms with Crippen LogP contribution in [-0.4, -0.2) is 44.6 Å². The third-order valence-electron chi connectivity index (χ3n) is 4.83. The monoisotopic (exact) mass is 436 g/mol. The molecule has 2 aromatic carbocycles. The summed E-state index contributed by atoms with van der Waals surface area (Å²) in [5, 5.41) is 17.2. The number of anilines is 1. The predicted molar refractivity (Wildman–Crippen MR) is 109 cm³/mol. The lowest BCUT2D eigenvalue weighted by molar-refractivity contribution is -0.384. The number of amides is 1. The van der Waals surface area contributed by atoms with Crippen molar-refractivity contribution in [3.05, 3.63) is 64.2 Å². The minimum atomic E-state index is -4.34. The Kier molecular flexibility index (Phi) is 6.32. The molecule has 1 fully saturated rings. The van der Waals surface area contributed by atoms with Crippen molar-refractivity contribution in [1.29, 1.82) is 0 Å². The molecule has 2 aromatic rings. The summed E-state index contributed by atoms with van der Waals surface area (Å²) in [4.78, 5) is 22.4. The summed E-state index contributed by atoms with van der Waals surface area (Å²) in [6.07, 6.45) is 0.539. The number of nitro groups is 1. The van der Waals surface area contributed by atoms with Crippen LogP contribution in [0.2, 0.25) is 0 Å². The lowest BCUT2D eigenvalue weighted by Crippen LogP contribution is -2.43. The number of carbonyl (C=O) groups is 1. The zero-order chi connectivity index (χ0) is 21.8. The first-order chi connectivity index (χ1) is 14.2. The molecule has 0 unspecified atom stereocenters. The molecular weight excluding hydrogens is 415 g/mol. The molecule has 9 nitrogen and oxygen atoms in total. The number of alkyl halides is 1. The van der Waals surface area contributed by atoms with Crippen LogP contribution in [0.5, 0.6) is 0 Å². The summed E-state index contributed by atoms with van der Waals surface area (Å²) in [6, 6.07) is 10.9. The van der Waals surface area contributed by atoms with E-state index < -0.39 is 37.1 Å². The first-order valence-electron chi connectivity index (χ1n) is 9.24. The predicted octanol–water partition coefficient (Wildman–Crippen LogP) is 2.22. The first-order valence-corrected chi connectivity index (χ1v) is 10.7. The van der Waals surface area contributed by atoms with Crippen molar-refractivity contribution in [1.82, 2.24) is 10.0 Å². The molecular formula is C19H21FN4O5S. The fourth-order valence-corrected chi connectivity index (χ4v) is 4.11. The fraction of sp³-hybridized carbons (Fsp3) is 0.316. The number of hydrogen-bond acceptors (Lipinski definition) is 7. The zero-order valence-corrected chi connectivity index (χ0v) is 16.7. The van der Waals surface area contributed by atoms with E-state index in [0.717, 1.165) is 12.1 Å². The number of nitrogens with one attached hydrogen (secondary N) is 3. The van der Waals surface area contributed by atoms with E-state index in [1.54, 1.807) is 18.2 Å². The van der Waals surface area contributed by atoms with Gasteiger partial charge in [0.1, 0.15) is 11.4 Å². The largest absolute Gasteiger partial charge is 0.376 e. The second kappa shape index (κ2) is 8.76. The molecule has 1 amide bonds. The SMILES string of the molecule is O=C(NS(=O)(=O)c1ccc(NCC2(F)CCNCC2)c([N+](=O)[O-])c1)c1ccccc1. The molecule has 1 aliphatic heterocycles. The Hall–Kier alpha value is -3.05. The molecule has 30 heavy (non-hydrogen) atoms. The van der Waals surface area contributed by atoms with Gasteiger partial charge >= 0.3 is 0 Å². The maximum atomic E-state index is 14.7. The Labute approximate surface area is 172 Å². The van der Waals surface area contributed by atoms with E-state index in [0.29, 0.717) is 13.1 Å². The van der Waals surface area contributed by atoms with E-state index in [9.17, 15) is 27.7 Å². The lowest BCUT2D eigenvalue weighted by atomic mass is 9.94. The van der Waals surface area contributed by atoms with Crippen molar-refractivity contribution in [2.75, 3.05) is 25.0 Å². The molecule has 1 aliphatic rings. The summed E-state index contributed by atoms with van der Waals surface area (Å²) in [7, 11) is -4.34. The van der Waals surface area contributed by atoms with Crippen LogP contribution in [0.25, 0.3) is 0 Å². The topological polar surface area (TPSA) is 130 Å². The average molecular weight is 436 g/mol. The highest BCUT2D eigenvalue weighted by atomic mass is 32.2. The van der Waals surface area contributed by atoms with E-state index in [-0.39, 0.29) is 30.6 Å². The van der Waals surface area contributed by atoms with Gasteiger partial charge in [-0.05, 0) is 50.2 Å². The van der Waals surface area contributed by atoms with Gasteiger partial charge in [-0.15, -0.1) is 0 Å². The number of piperidine rings is 1. The summed E-state index contributed by atoms with van der Waals surface area (Å²) in [6.45, 7) is 0.892. The summed E-state index contributed by atoms with van der Waals surface area (Å²) >= 11 is 0. The Morgan fingerprint density at radius 3 is 2.47 bits per heavy atom. The van der Waals surface area contributed by atoms with Gasteiger partial charge in [0.2, 0.25) is 0 Å². The van der Waals surface area contributed by atoms with Gasteiger partial charge in [-0.2, -0.15) is 0 Å². The van der Waals surface area contributed by atoms with Gasteiger partial charge in [0.15, 0.2) is 0 Å². The van der Waals surface area contributed by atoms with E-state index >= 15 is 0 Å². The van der Waals surface area contributed by atoms with Crippen molar-refractivity contribution < 1.29 is 22.5 Å². The minimum absolute atomic E-state index is 0.00361. The summed E-state index contributed by atoms with van der Waals surface area (Å²) in [5.74, 6) is -0.856. The van der Waals surface area contributed by atoms with E-state index in [1.165, 1.54) is 18.2 Å². The van der Waals surface area contributed by atoms with Crippen LogP contribution in [0.15, 0.2) is 53.4 Å². The number of nitro benzene ring substituents is 1. The number of nitrogens with zero attached hydrogens (tertiary/aromatic N) is 1.